The van der Waals surface area contributed by atoms with Crippen molar-refractivity contribution in [2.24, 2.45) is 0 Å². The SMILES string of the molecule is CCCC(C)(C)N(C)CCN(C)C(C)(C)CCC.[Cl-].[Cl-].[Cu+2]. The monoisotopic (exact) mass is 389 g/mol. The first kappa shape index (κ1) is 30.0. The first-order valence-electron chi connectivity index (χ1n) is 7.60. The minimum Gasteiger partial charge on any atom is -1.00 e. The van der Waals surface area contributed by atoms with Crippen LogP contribution in [0.5, 0.6) is 0 Å². The number of hydrogen-bond donors (Lipinski definition) is 0. The molecule has 135 valence electrons. The van der Waals surface area contributed by atoms with Gasteiger partial charge in [-0.25, -0.2) is 0 Å². The van der Waals surface area contributed by atoms with E-state index in [1.165, 1.54) is 25.7 Å². The number of halogens is 2. The van der Waals surface area contributed by atoms with Crippen molar-refractivity contribution in [3.05, 3.63) is 0 Å². The topological polar surface area (TPSA) is 6.48 Å². The van der Waals surface area contributed by atoms with Crippen molar-refractivity contribution in [1.82, 2.24) is 9.80 Å². The van der Waals surface area contributed by atoms with Gasteiger partial charge < -0.3 is 24.8 Å². The van der Waals surface area contributed by atoms with Crippen LogP contribution in [0, 0.1) is 0 Å². The van der Waals surface area contributed by atoms with Crippen molar-refractivity contribution in [3.8, 4) is 0 Å². The molecule has 0 saturated heterocycles. The fourth-order valence-electron chi connectivity index (χ4n) is 2.51. The number of likely N-dealkylation sites (N-methyl/N-ethyl adjacent to an activating group) is 2. The van der Waals surface area contributed by atoms with Crippen LogP contribution in [0.1, 0.15) is 67.2 Å². The van der Waals surface area contributed by atoms with Gasteiger partial charge in [0, 0.05) is 24.2 Å². The molecule has 1 radical (unpaired) electrons. The van der Waals surface area contributed by atoms with Crippen molar-refractivity contribution < 1.29 is 41.9 Å². The largest absolute Gasteiger partial charge is 2.00 e. The maximum Gasteiger partial charge on any atom is 2.00 e. The van der Waals surface area contributed by atoms with Crippen LogP contribution in [0.2, 0.25) is 0 Å². The number of nitrogens with zero attached hydrogens (tertiary/aromatic N) is 2. The molecule has 0 aliphatic heterocycles. The van der Waals surface area contributed by atoms with Crippen molar-refractivity contribution in [1.29, 1.82) is 0 Å². The third-order valence-corrected chi connectivity index (χ3v) is 4.56. The fraction of sp³-hybridized carbons (Fsp3) is 1.00. The van der Waals surface area contributed by atoms with Gasteiger partial charge in [0.05, 0.1) is 0 Å². The van der Waals surface area contributed by atoms with Crippen molar-refractivity contribution in [2.75, 3.05) is 27.2 Å². The van der Waals surface area contributed by atoms with E-state index in [1.807, 2.05) is 0 Å². The Hall–Kier alpha value is 1.02. The molecule has 0 atom stereocenters. The molecular formula is C16H36Cl2CuN2. The zero-order valence-electron chi connectivity index (χ0n) is 15.2. The van der Waals surface area contributed by atoms with Crippen LogP contribution in [-0.4, -0.2) is 48.1 Å². The van der Waals surface area contributed by atoms with Crippen molar-refractivity contribution >= 4 is 0 Å². The van der Waals surface area contributed by atoms with E-state index in [2.05, 4.69) is 65.4 Å². The van der Waals surface area contributed by atoms with Crippen LogP contribution in [0.3, 0.4) is 0 Å². The van der Waals surface area contributed by atoms with E-state index >= 15 is 0 Å². The summed E-state index contributed by atoms with van der Waals surface area (Å²) in [7, 11) is 4.52. The molecule has 0 amide bonds. The van der Waals surface area contributed by atoms with Gasteiger partial charge in [-0.15, -0.1) is 0 Å². The standard InChI is InChI=1S/C16H36N2.2ClH.Cu/c1-9-11-15(3,4)17(7)13-14-18(8)16(5,6)12-10-2;;;/h9-14H2,1-8H3;2*1H;/q;;;+2/p-2. The second-order valence-electron chi connectivity index (χ2n) is 6.97. The van der Waals surface area contributed by atoms with Crippen molar-refractivity contribution in [2.45, 2.75) is 78.3 Å². The zero-order valence-corrected chi connectivity index (χ0v) is 17.6. The Labute approximate surface area is 157 Å². The molecule has 0 saturated carbocycles. The molecule has 0 aliphatic carbocycles. The fourth-order valence-corrected chi connectivity index (χ4v) is 2.51. The minimum atomic E-state index is 0. The van der Waals surface area contributed by atoms with E-state index in [0.29, 0.717) is 11.1 Å². The second-order valence-corrected chi connectivity index (χ2v) is 6.97. The quantitative estimate of drug-likeness (QED) is 0.421. The van der Waals surface area contributed by atoms with Gasteiger partial charge in [0.25, 0.3) is 0 Å². The third-order valence-electron chi connectivity index (χ3n) is 4.56. The molecule has 0 bridgehead atoms. The minimum absolute atomic E-state index is 0. The van der Waals surface area contributed by atoms with Crippen LogP contribution < -0.4 is 24.8 Å². The predicted molar refractivity (Wildman–Crippen MR) is 83.2 cm³/mol. The van der Waals surface area contributed by atoms with Gasteiger partial charge in [-0.1, -0.05) is 26.7 Å². The first-order valence-corrected chi connectivity index (χ1v) is 7.60. The Morgan fingerprint density at radius 3 is 1.10 bits per heavy atom. The molecule has 0 spiro atoms. The normalized spacial score (nSPS) is 11.7. The number of hydrogen-bond acceptors (Lipinski definition) is 2. The van der Waals surface area contributed by atoms with Crippen LogP contribution >= 0.6 is 0 Å². The summed E-state index contributed by atoms with van der Waals surface area (Å²) in [6.07, 6.45) is 5.06. The average molecular weight is 391 g/mol. The summed E-state index contributed by atoms with van der Waals surface area (Å²) in [5.41, 5.74) is 0.648. The van der Waals surface area contributed by atoms with E-state index in [1.54, 1.807) is 0 Å². The predicted octanol–water partition coefficient (Wildman–Crippen LogP) is -1.99. The summed E-state index contributed by atoms with van der Waals surface area (Å²) in [5.74, 6) is 0. The van der Waals surface area contributed by atoms with Crippen LogP contribution in [0.15, 0.2) is 0 Å². The molecule has 0 rings (SSSR count). The summed E-state index contributed by atoms with van der Waals surface area (Å²) >= 11 is 0. The van der Waals surface area contributed by atoms with Crippen LogP contribution in [-0.2, 0) is 17.1 Å². The Kier molecular flexibility index (Phi) is 19.2. The van der Waals surface area contributed by atoms with Gasteiger partial charge >= 0.3 is 17.1 Å². The zero-order chi connectivity index (χ0) is 14.4. The molecule has 5 heteroatoms. The Balaban J connectivity index is -0.000000482. The van der Waals surface area contributed by atoms with Crippen molar-refractivity contribution in [3.63, 3.8) is 0 Å². The van der Waals surface area contributed by atoms with E-state index in [9.17, 15) is 0 Å². The van der Waals surface area contributed by atoms with E-state index < -0.39 is 0 Å². The maximum atomic E-state index is 2.51. The van der Waals surface area contributed by atoms with Gasteiger partial charge in [0.15, 0.2) is 0 Å². The Morgan fingerprint density at radius 2 is 0.905 bits per heavy atom. The molecule has 0 aromatic heterocycles. The van der Waals surface area contributed by atoms with Gasteiger partial charge in [0.1, 0.15) is 0 Å². The van der Waals surface area contributed by atoms with E-state index in [0.717, 1.165) is 13.1 Å². The molecule has 2 nitrogen and oxygen atoms in total. The molecule has 0 unspecified atom stereocenters. The van der Waals surface area contributed by atoms with Gasteiger partial charge in [-0.3, -0.25) is 9.80 Å². The molecule has 0 heterocycles. The molecular weight excluding hydrogens is 355 g/mol. The molecule has 0 aromatic rings. The summed E-state index contributed by atoms with van der Waals surface area (Å²) in [4.78, 5) is 5.02. The van der Waals surface area contributed by atoms with Crippen LogP contribution in [0.4, 0.5) is 0 Å². The van der Waals surface area contributed by atoms with Gasteiger partial charge in [-0.05, 0) is 54.6 Å². The third kappa shape index (κ3) is 11.2. The molecule has 0 aromatic carbocycles. The summed E-state index contributed by atoms with van der Waals surface area (Å²) in [6.45, 7) is 16.3. The Morgan fingerprint density at radius 1 is 0.667 bits per heavy atom. The summed E-state index contributed by atoms with van der Waals surface area (Å²) in [6, 6.07) is 0. The molecule has 0 fully saturated rings. The number of rotatable bonds is 9. The van der Waals surface area contributed by atoms with E-state index in [-0.39, 0.29) is 41.9 Å². The first-order chi connectivity index (χ1) is 8.17. The van der Waals surface area contributed by atoms with Gasteiger partial charge in [-0.2, -0.15) is 0 Å². The Bertz CT molecular complexity index is 212. The smallest absolute Gasteiger partial charge is 1.00 e. The van der Waals surface area contributed by atoms with E-state index in [4.69, 9.17) is 0 Å². The van der Waals surface area contributed by atoms with Crippen LogP contribution in [0.25, 0.3) is 0 Å². The summed E-state index contributed by atoms with van der Waals surface area (Å²) in [5, 5.41) is 0. The molecule has 0 N–H and O–H groups in total. The van der Waals surface area contributed by atoms with Gasteiger partial charge in [0.2, 0.25) is 0 Å². The summed E-state index contributed by atoms with van der Waals surface area (Å²) < 4.78 is 0. The second kappa shape index (κ2) is 13.5. The average Bonchev–Trinajstić information content (AvgIpc) is 2.24. The maximum absolute atomic E-state index is 2.51. The molecule has 21 heavy (non-hydrogen) atoms. The molecule has 0 aliphatic rings.